The number of aryl methyl sites for hydroxylation is 2. The van der Waals surface area contributed by atoms with Crippen molar-refractivity contribution >= 4 is 23.2 Å². The third-order valence-corrected chi connectivity index (χ3v) is 5.25. The summed E-state index contributed by atoms with van der Waals surface area (Å²) in [5.74, 6) is -0.249. The standard InChI is InChI=1S/C17H26N2O2S/c1-3-10-18-16(20)12(2)19-17(21)15-11-13-8-6-4-5-7-9-14(13)22-15/h11-12H,3-10H2,1-2H3,(H,18,20)(H,19,21)/t12-/m1/s1. The maximum absolute atomic E-state index is 12.3. The molecule has 1 aliphatic carbocycles. The van der Waals surface area contributed by atoms with E-state index in [2.05, 4.69) is 10.6 Å². The number of hydrogen-bond donors (Lipinski definition) is 2. The number of carbonyl (C=O) groups is 2. The Hall–Kier alpha value is -1.36. The normalized spacial score (nSPS) is 16.1. The number of hydrogen-bond acceptors (Lipinski definition) is 3. The number of nitrogens with one attached hydrogen (secondary N) is 2. The summed E-state index contributed by atoms with van der Waals surface area (Å²) in [5, 5.41) is 5.61. The van der Waals surface area contributed by atoms with E-state index in [-0.39, 0.29) is 11.8 Å². The summed E-state index contributed by atoms with van der Waals surface area (Å²) in [6.45, 7) is 4.38. The molecule has 1 aliphatic rings. The molecule has 2 N–H and O–H groups in total. The molecule has 22 heavy (non-hydrogen) atoms. The molecule has 0 bridgehead atoms. The Morgan fingerprint density at radius 1 is 1.23 bits per heavy atom. The lowest BCUT2D eigenvalue weighted by Crippen LogP contribution is -2.44. The zero-order valence-corrected chi connectivity index (χ0v) is 14.4. The smallest absolute Gasteiger partial charge is 0.262 e. The van der Waals surface area contributed by atoms with Crippen molar-refractivity contribution < 1.29 is 9.59 Å². The second kappa shape index (κ2) is 8.32. The summed E-state index contributed by atoms with van der Waals surface area (Å²) in [6, 6.07) is 1.53. The van der Waals surface area contributed by atoms with Gasteiger partial charge in [0.05, 0.1) is 4.88 Å². The van der Waals surface area contributed by atoms with Crippen molar-refractivity contribution in [1.82, 2.24) is 10.6 Å². The fourth-order valence-corrected chi connectivity index (χ4v) is 3.85. The molecule has 0 aliphatic heterocycles. The molecule has 122 valence electrons. The van der Waals surface area contributed by atoms with Gasteiger partial charge in [0.15, 0.2) is 0 Å². The van der Waals surface area contributed by atoms with Gasteiger partial charge in [-0.05, 0) is 50.7 Å². The van der Waals surface area contributed by atoms with E-state index in [0.29, 0.717) is 6.54 Å². The molecule has 0 aromatic carbocycles. The highest BCUT2D eigenvalue weighted by Gasteiger charge is 2.19. The van der Waals surface area contributed by atoms with Crippen LogP contribution >= 0.6 is 11.3 Å². The van der Waals surface area contributed by atoms with Crippen LogP contribution in [-0.2, 0) is 17.6 Å². The first-order valence-corrected chi connectivity index (χ1v) is 9.13. The van der Waals surface area contributed by atoms with Crippen LogP contribution in [0.1, 0.15) is 66.1 Å². The van der Waals surface area contributed by atoms with Crippen molar-refractivity contribution in [1.29, 1.82) is 0 Å². The van der Waals surface area contributed by atoms with E-state index in [1.165, 1.54) is 36.1 Å². The minimum Gasteiger partial charge on any atom is -0.354 e. The van der Waals surface area contributed by atoms with E-state index in [1.807, 2.05) is 13.0 Å². The number of carbonyl (C=O) groups excluding carboxylic acids is 2. The number of amides is 2. The first-order chi connectivity index (χ1) is 10.6. The zero-order valence-electron chi connectivity index (χ0n) is 13.5. The van der Waals surface area contributed by atoms with Gasteiger partial charge in [0.25, 0.3) is 5.91 Å². The first kappa shape index (κ1) is 17.0. The summed E-state index contributed by atoms with van der Waals surface area (Å²) in [4.78, 5) is 26.3. The van der Waals surface area contributed by atoms with E-state index in [0.717, 1.165) is 24.1 Å². The molecule has 2 rings (SSSR count). The third kappa shape index (κ3) is 4.57. The Morgan fingerprint density at radius 3 is 2.68 bits per heavy atom. The van der Waals surface area contributed by atoms with Crippen LogP contribution in [0.5, 0.6) is 0 Å². The summed E-state index contributed by atoms with van der Waals surface area (Å²) < 4.78 is 0. The van der Waals surface area contributed by atoms with Crippen molar-refractivity contribution in [2.24, 2.45) is 0 Å². The fourth-order valence-electron chi connectivity index (χ4n) is 2.69. The third-order valence-electron chi connectivity index (χ3n) is 4.01. The van der Waals surface area contributed by atoms with Gasteiger partial charge in [0, 0.05) is 11.4 Å². The molecule has 0 spiro atoms. The number of fused-ring (bicyclic) bond motifs is 1. The largest absolute Gasteiger partial charge is 0.354 e. The number of thiophene rings is 1. The van der Waals surface area contributed by atoms with Crippen LogP contribution in [0, 0.1) is 0 Å². The molecule has 1 aromatic heterocycles. The van der Waals surface area contributed by atoms with Gasteiger partial charge in [-0.3, -0.25) is 9.59 Å². The maximum atomic E-state index is 12.3. The molecule has 1 aromatic rings. The molecule has 0 saturated carbocycles. The van der Waals surface area contributed by atoms with Gasteiger partial charge in [0.2, 0.25) is 5.91 Å². The highest BCUT2D eigenvalue weighted by molar-refractivity contribution is 7.14. The quantitative estimate of drug-likeness (QED) is 0.875. The lowest BCUT2D eigenvalue weighted by atomic mass is 10.00. The highest BCUT2D eigenvalue weighted by atomic mass is 32.1. The Bertz CT molecular complexity index is 499. The van der Waals surface area contributed by atoms with Crippen LogP contribution in [-0.4, -0.2) is 24.4 Å². The summed E-state index contributed by atoms with van der Waals surface area (Å²) in [5.41, 5.74) is 1.33. The van der Waals surface area contributed by atoms with Gasteiger partial charge in [-0.25, -0.2) is 0 Å². The second-order valence-electron chi connectivity index (χ2n) is 5.96. The van der Waals surface area contributed by atoms with Crippen LogP contribution in [0.15, 0.2) is 6.07 Å². The van der Waals surface area contributed by atoms with Crippen LogP contribution < -0.4 is 10.6 Å². The highest BCUT2D eigenvalue weighted by Crippen LogP contribution is 2.28. The van der Waals surface area contributed by atoms with E-state index >= 15 is 0 Å². The van der Waals surface area contributed by atoms with E-state index in [4.69, 9.17) is 0 Å². The van der Waals surface area contributed by atoms with Crippen LogP contribution in [0.4, 0.5) is 0 Å². The van der Waals surface area contributed by atoms with Gasteiger partial charge >= 0.3 is 0 Å². The summed E-state index contributed by atoms with van der Waals surface area (Å²) in [7, 11) is 0. The van der Waals surface area contributed by atoms with Crippen LogP contribution in [0.25, 0.3) is 0 Å². The predicted molar refractivity (Wildman–Crippen MR) is 90.4 cm³/mol. The topological polar surface area (TPSA) is 58.2 Å². The van der Waals surface area contributed by atoms with Crippen molar-refractivity contribution in [3.05, 3.63) is 21.4 Å². The fraction of sp³-hybridized carbons (Fsp3) is 0.647. The Kier molecular flexibility index (Phi) is 6.43. The van der Waals surface area contributed by atoms with Crippen LogP contribution in [0.3, 0.4) is 0 Å². The molecule has 2 amide bonds. The van der Waals surface area contributed by atoms with Gasteiger partial charge in [-0.2, -0.15) is 0 Å². The number of rotatable bonds is 5. The Labute approximate surface area is 136 Å². The molecular weight excluding hydrogens is 296 g/mol. The summed E-state index contributed by atoms with van der Waals surface area (Å²) >= 11 is 1.59. The monoisotopic (exact) mass is 322 g/mol. The molecule has 0 unspecified atom stereocenters. The van der Waals surface area contributed by atoms with Crippen LogP contribution in [0.2, 0.25) is 0 Å². The van der Waals surface area contributed by atoms with Gasteiger partial charge in [0.1, 0.15) is 6.04 Å². The first-order valence-electron chi connectivity index (χ1n) is 8.32. The van der Waals surface area contributed by atoms with E-state index in [9.17, 15) is 9.59 Å². The van der Waals surface area contributed by atoms with Crippen molar-refractivity contribution in [2.75, 3.05) is 6.54 Å². The van der Waals surface area contributed by atoms with Gasteiger partial charge < -0.3 is 10.6 Å². The van der Waals surface area contributed by atoms with Gasteiger partial charge in [-0.1, -0.05) is 19.8 Å². The molecule has 0 saturated heterocycles. The predicted octanol–water partition coefficient (Wildman–Crippen LogP) is 3.05. The molecule has 0 fully saturated rings. The SMILES string of the molecule is CCCNC(=O)[C@@H](C)NC(=O)c1cc2c(s1)CCCCCC2. The van der Waals surface area contributed by atoms with E-state index in [1.54, 1.807) is 18.3 Å². The second-order valence-corrected chi connectivity index (χ2v) is 7.10. The zero-order chi connectivity index (χ0) is 15.9. The molecule has 1 atom stereocenters. The molecular formula is C17H26N2O2S. The molecule has 5 heteroatoms. The van der Waals surface area contributed by atoms with Crippen molar-refractivity contribution in [3.8, 4) is 0 Å². The lowest BCUT2D eigenvalue weighted by Gasteiger charge is -2.12. The lowest BCUT2D eigenvalue weighted by molar-refractivity contribution is -0.122. The Morgan fingerprint density at radius 2 is 1.95 bits per heavy atom. The van der Waals surface area contributed by atoms with Gasteiger partial charge in [-0.15, -0.1) is 11.3 Å². The molecule has 4 nitrogen and oxygen atoms in total. The minimum atomic E-state index is -0.497. The average molecular weight is 322 g/mol. The molecule has 1 heterocycles. The van der Waals surface area contributed by atoms with Crippen molar-refractivity contribution in [3.63, 3.8) is 0 Å². The van der Waals surface area contributed by atoms with Crippen molar-refractivity contribution in [2.45, 2.75) is 64.8 Å². The Balaban J connectivity index is 1.97. The maximum Gasteiger partial charge on any atom is 0.262 e. The molecule has 0 radical (unpaired) electrons. The summed E-state index contributed by atoms with van der Waals surface area (Å²) in [6.07, 6.45) is 8.04. The van der Waals surface area contributed by atoms with E-state index < -0.39 is 6.04 Å². The minimum absolute atomic E-state index is 0.120. The average Bonchev–Trinajstić information content (AvgIpc) is 2.87.